The monoisotopic (exact) mass is 627 g/mol. The van der Waals surface area contributed by atoms with E-state index in [0.29, 0.717) is 12.0 Å². The van der Waals surface area contributed by atoms with Gasteiger partial charge in [-0.1, -0.05) is 34.3 Å². The van der Waals surface area contributed by atoms with Crippen molar-refractivity contribution in [3.05, 3.63) is 12.2 Å². The molecule has 3 rings (SSSR count). The minimum absolute atomic E-state index is 0.000136. The number of carbonyl (C=O) groups is 2. The Bertz CT molecular complexity index is 1020. The lowest BCUT2D eigenvalue weighted by atomic mass is 9.74. The number of ketones is 1. The van der Waals surface area contributed by atoms with Crippen LogP contribution in [-0.4, -0.2) is 119 Å². The largest absolute Gasteiger partial charge is 0.459 e. The van der Waals surface area contributed by atoms with Crippen molar-refractivity contribution < 1.29 is 48.6 Å². The molecule has 3 aliphatic heterocycles. The summed E-state index contributed by atoms with van der Waals surface area (Å²) in [5, 5.41) is 34.9. The van der Waals surface area contributed by atoms with E-state index in [1.165, 1.54) is 6.92 Å². The second-order valence-electron chi connectivity index (χ2n) is 14.2. The number of aliphatic hydroxyl groups is 3. The van der Waals surface area contributed by atoms with Crippen LogP contribution in [0.1, 0.15) is 74.7 Å². The average molecular weight is 628 g/mol. The van der Waals surface area contributed by atoms with Crippen molar-refractivity contribution in [2.24, 2.45) is 23.7 Å². The molecule has 2 bridgehead atoms. The molecule has 11 nitrogen and oxygen atoms in total. The number of likely N-dealkylation sites (N-methyl/N-ethyl adjacent to an activating group) is 1. The molecule has 3 N–H and O–H groups in total. The van der Waals surface area contributed by atoms with E-state index in [4.69, 9.17) is 23.7 Å². The molecule has 44 heavy (non-hydrogen) atoms. The third-order valence-corrected chi connectivity index (χ3v) is 10.1. The van der Waals surface area contributed by atoms with Crippen LogP contribution in [0.2, 0.25) is 0 Å². The second kappa shape index (κ2) is 14.5. The first-order valence-electron chi connectivity index (χ1n) is 16.1. The third kappa shape index (κ3) is 7.74. The molecule has 0 saturated carbocycles. The Hall–Kier alpha value is -1.44. The highest BCUT2D eigenvalue weighted by Gasteiger charge is 2.53. The summed E-state index contributed by atoms with van der Waals surface area (Å²) in [6.45, 7) is 18.1. The predicted molar refractivity (Wildman–Crippen MR) is 164 cm³/mol. The minimum Gasteiger partial charge on any atom is -0.459 e. The van der Waals surface area contributed by atoms with Crippen molar-refractivity contribution in [1.82, 2.24) is 4.90 Å². The van der Waals surface area contributed by atoms with Crippen LogP contribution in [0.4, 0.5) is 0 Å². The number of aliphatic hydroxyl groups excluding tert-OH is 2. The molecular weight excluding hydrogens is 570 g/mol. The fourth-order valence-corrected chi connectivity index (χ4v) is 7.34. The molecule has 14 atom stereocenters. The zero-order valence-electron chi connectivity index (χ0n) is 28.3. The van der Waals surface area contributed by atoms with Crippen LogP contribution in [0.3, 0.4) is 0 Å². The fourth-order valence-electron chi connectivity index (χ4n) is 7.34. The summed E-state index contributed by atoms with van der Waals surface area (Å²) in [5.74, 6) is -3.96. The Morgan fingerprint density at radius 3 is 2.25 bits per heavy atom. The number of Topliss-reactive ketones (excluding diaryl/α,β-unsaturated/α-hetero) is 1. The van der Waals surface area contributed by atoms with Crippen molar-refractivity contribution in [2.75, 3.05) is 27.3 Å². The molecule has 11 heteroatoms. The topological polar surface area (TPSA) is 144 Å². The molecule has 0 spiro atoms. The zero-order valence-corrected chi connectivity index (χ0v) is 28.3. The molecule has 0 aromatic heterocycles. The van der Waals surface area contributed by atoms with Gasteiger partial charge in [-0.15, -0.1) is 0 Å². The summed E-state index contributed by atoms with van der Waals surface area (Å²) in [5.41, 5.74) is -2.36. The van der Waals surface area contributed by atoms with E-state index < -0.39 is 77.7 Å². The number of fused-ring (bicyclic) bond motifs is 5. The highest BCUT2D eigenvalue weighted by atomic mass is 16.7. The van der Waals surface area contributed by atoms with Gasteiger partial charge in [0.1, 0.15) is 23.6 Å². The smallest absolute Gasteiger partial charge is 0.311 e. The van der Waals surface area contributed by atoms with Crippen LogP contribution in [-0.2, 0) is 33.3 Å². The lowest BCUT2D eigenvalue weighted by Crippen LogP contribution is -2.60. The molecule has 0 unspecified atom stereocenters. The van der Waals surface area contributed by atoms with E-state index in [0.717, 1.165) is 0 Å². The SMILES string of the molecule is C=C1CO[C@@H]2[C@H](C)C(=O)[C@H](C)C[C@@](C)(OC1)[C@H](O[C@@H]1O[C@H](C)C[C@H](N(C)C)[C@H]1O)[C@@H](C)[C@H](O)[C@@H](C)C(=O)O[C@H](CC)[C@@]2(C)O. The maximum absolute atomic E-state index is 14.0. The Morgan fingerprint density at radius 1 is 1.02 bits per heavy atom. The molecule has 0 aliphatic carbocycles. The molecule has 0 radical (unpaired) electrons. The Labute approximate surface area is 263 Å². The van der Waals surface area contributed by atoms with Gasteiger partial charge in [0, 0.05) is 23.8 Å². The quantitative estimate of drug-likeness (QED) is 0.312. The summed E-state index contributed by atoms with van der Waals surface area (Å²) in [7, 11) is 3.77. The standard InChI is InChI=1S/C33H57NO10/c1-12-24-33(9,39)29-20(5)25(35)18(3)14-32(8,41-16-17(2)15-40-29)28(21(6)26(36)22(7)30(38)43-24)44-31-27(37)23(34(10)11)13-19(4)42-31/h18-24,26-29,31,36-37,39H,2,12-16H2,1,3-11H3/t18-,19-,20-,21+,22-,23+,24-,26+,27-,28-,29-,31+,32-,33-/m1/s1. The Balaban J connectivity index is 2.19. The van der Waals surface area contributed by atoms with Crippen LogP contribution >= 0.6 is 0 Å². The van der Waals surface area contributed by atoms with Crippen molar-refractivity contribution in [2.45, 2.75) is 135 Å². The molecule has 0 amide bonds. The number of nitrogens with zero attached hydrogens (tertiary/aromatic N) is 1. The highest BCUT2D eigenvalue weighted by Crippen LogP contribution is 2.40. The number of hydrogen-bond acceptors (Lipinski definition) is 11. The van der Waals surface area contributed by atoms with E-state index in [9.17, 15) is 24.9 Å². The maximum atomic E-state index is 14.0. The van der Waals surface area contributed by atoms with Crippen molar-refractivity contribution in [1.29, 1.82) is 0 Å². The average Bonchev–Trinajstić information content (AvgIpc) is 2.97. The summed E-state index contributed by atoms with van der Waals surface area (Å²) >= 11 is 0. The zero-order chi connectivity index (χ0) is 33.3. The van der Waals surface area contributed by atoms with Gasteiger partial charge in [0.25, 0.3) is 0 Å². The van der Waals surface area contributed by atoms with Gasteiger partial charge in [-0.25, -0.2) is 0 Å². The summed E-state index contributed by atoms with van der Waals surface area (Å²) < 4.78 is 31.4. The van der Waals surface area contributed by atoms with Crippen molar-refractivity contribution in [3.8, 4) is 0 Å². The fraction of sp³-hybridized carbons (Fsp3) is 0.879. The molecule has 3 heterocycles. The Kier molecular flexibility index (Phi) is 12.2. The van der Waals surface area contributed by atoms with Gasteiger partial charge < -0.3 is 43.9 Å². The lowest BCUT2D eigenvalue weighted by molar-refractivity contribution is -0.303. The summed E-state index contributed by atoms with van der Waals surface area (Å²) in [4.78, 5) is 29.5. The summed E-state index contributed by atoms with van der Waals surface area (Å²) in [6, 6.07) is -0.244. The van der Waals surface area contributed by atoms with Crippen LogP contribution in [0.25, 0.3) is 0 Å². The maximum Gasteiger partial charge on any atom is 0.311 e. The minimum atomic E-state index is -1.72. The van der Waals surface area contributed by atoms with E-state index in [2.05, 4.69) is 6.58 Å². The Morgan fingerprint density at radius 2 is 1.66 bits per heavy atom. The number of ether oxygens (including phenoxy) is 5. The van der Waals surface area contributed by atoms with Crippen LogP contribution < -0.4 is 0 Å². The number of cyclic esters (lactones) is 1. The first kappa shape index (κ1) is 37.0. The number of carbonyl (C=O) groups excluding carboxylic acids is 2. The van der Waals surface area contributed by atoms with Gasteiger partial charge in [-0.3, -0.25) is 9.59 Å². The molecule has 0 aromatic carbocycles. The molecule has 254 valence electrons. The molecular formula is C33H57NO10. The van der Waals surface area contributed by atoms with Gasteiger partial charge in [-0.2, -0.15) is 0 Å². The number of esters is 1. The van der Waals surface area contributed by atoms with Crippen molar-refractivity contribution in [3.63, 3.8) is 0 Å². The van der Waals surface area contributed by atoms with Gasteiger partial charge in [-0.05, 0) is 66.6 Å². The third-order valence-electron chi connectivity index (χ3n) is 10.1. The molecule has 0 aromatic rings. The van der Waals surface area contributed by atoms with Gasteiger partial charge in [0.15, 0.2) is 6.29 Å². The lowest BCUT2D eigenvalue weighted by Gasteiger charge is -2.48. The van der Waals surface area contributed by atoms with Crippen LogP contribution in [0.5, 0.6) is 0 Å². The van der Waals surface area contributed by atoms with E-state index >= 15 is 0 Å². The van der Waals surface area contributed by atoms with Crippen LogP contribution in [0, 0.1) is 23.7 Å². The van der Waals surface area contributed by atoms with Crippen molar-refractivity contribution >= 4 is 11.8 Å². The first-order chi connectivity index (χ1) is 20.3. The van der Waals surface area contributed by atoms with Gasteiger partial charge >= 0.3 is 5.97 Å². The number of rotatable bonds is 4. The molecule has 3 aliphatic rings. The normalized spacial score (nSPS) is 47.0. The van der Waals surface area contributed by atoms with Crippen LogP contribution in [0.15, 0.2) is 12.2 Å². The second-order valence-corrected chi connectivity index (χ2v) is 14.2. The highest BCUT2D eigenvalue weighted by molar-refractivity contribution is 5.83. The predicted octanol–water partition coefficient (Wildman–Crippen LogP) is 2.48. The summed E-state index contributed by atoms with van der Waals surface area (Å²) in [6.07, 6.45) is -5.50. The number of hydrogen-bond donors (Lipinski definition) is 3. The van der Waals surface area contributed by atoms with Gasteiger partial charge in [0.2, 0.25) is 0 Å². The van der Waals surface area contributed by atoms with E-state index in [1.807, 2.05) is 32.8 Å². The first-order valence-corrected chi connectivity index (χ1v) is 16.1. The van der Waals surface area contributed by atoms with Gasteiger partial charge in [0.05, 0.1) is 49.1 Å². The van der Waals surface area contributed by atoms with E-state index in [1.54, 1.807) is 34.6 Å². The molecule has 3 fully saturated rings. The van der Waals surface area contributed by atoms with E-state index in [-0.39, 0.29) is 44.0 Å². The molecule has 3 saturated heterocycles.